The van der Waals surface area contributed by atoms with Crippen molar-refractivity contribution in [2.24, 2.45) is 0 Å². The molecule has 1 fully saturated rings. The molecule has 0 atom stereocenters. The first kappa shape index (κ1) is 15.4. The van der Waals surface area contributed by atoms with Crippen LogP contribution in [0.2, 0.25) is 0 Å². The van der Waals surface area contributed by atoms with Gasteiger partial charge >= 0.3 is 0 Å². The Hall–Kier alpha value is -3.15. The number of nitrogens with one attached hydrogen (secondary N) is 1. The molecule has 1 aromatic carbocycles. The van der Waals surface area contributed by atoms with Crippen LogP contribution in [0.25, 0.3) is 11.4 Å². The van der Waals surface area contributed by atoms with Crippen LogP contribution in [0.3, 0.4) is 0 Å². The number of carbonyl (C=O) groups excluding carboxylic acids is 1. The summed E-state index contributed by atoms with van der Waals surface area (Å²) in [4.78, 5) is 21.1. The Labute approximate surface area is 146 Å². The minimum atomic E-state index is -0.0117. The highest BCUT2D eigenvalue weighted by Gasteiger charge is 2.23. The number of H-pyrrole nitrogens is 1. The van der Waals surface area contributed by atoms with E-state index in [0.717, 1.165) is 18.8 Å². The van der Waals surface area contributed by atoms with Gasteiger partial charge in [-0.1, -0.05) is 24.3 Å². The molecule has 1 aliphatic heterocycles. The third kappa shape index (κ3) is 3.24. The number of carbonyl (C=O) groups is 1. The summed E-state index contributed by atoms with van der Waals surface area (Å²) in [5.74, 6) is -0.0117. The third-order valence-electron chi connectivity index (χ3n) is 4.42. The summed E-state index contributed by atoms with van der Waals surface area (Å²) in [5.41, 5.74) is 3.15. The van der Waals surface area contributed by atoms with E-state index in [4.69, 9.17) is 0 Å². The quantitative estimate of drug-likeness (QED) is 0.799. The van der Waals surface area contributed by atoms with Crippen LogP contribution in [0.5, 0.6) is 0 Å². The van der Waals surface area contributed by atoms with Crippen LogP contribution in [0, 0.1) is 0 Å². The van der Waals surface area contributed by atoms with Gasteiger partial charge in [0.05, 0.1) is 5.69 Å². The van der Waals surface area contributed by atoms with Crippen LogP contribution in [0.15, 0.2) is 60.8 Å². The van der Waals surface area contributed by atoms with Crippen LogP contribution in [-0.2, 0) is 0 Å². The van der Waals surface area contributed by atoms with Crippen molar-refractivity contribution in [3.05, 3.63) is 66.5 Å². The van der Waals surface area contributed by atoms with Crippen molar-refractivity contribution >= 4 is 11.6 Å². The topological polar surface area (TPSA) is 65.1 Å². The van der Waals surface area contributed by atoms with Crippen LogP contribution in [-0.4, -0.2) is 52.2 Å². The predicted octanol–water partition coefficient (Wildman–Crippen LogP) is 2.43. The van der Waals surface area contributed by atoms with E-state index in [1.165, 1.54) is 5.69 Å². The highest BCUT2D eigenvalue weighted by atomic mass is 16.2. The fourth-order valence-corrected chi connectivity index (χ4v) is 3.05. The summed E-state index contributed by atoms with van der Waals surface area (Å²) in [6, 6.07) is 17.7. The number of piperazine rings is 1. The van der Waals surface area contributed by atoms with Crippen molar-refractivity contribution in [1.29, 1.82) is 0 Å². The summed E-state index contributed by atoms with van der Waals surface area (Å²) in [5, 5.41) is 7.07. The summed E-state index contributed by atoms with van der Waals surface area (Å²) >= 11 is 0. The molecule has 4 rings (SSSR count). The van der Waals surface area contributed by atoms with Gasteiger partial charge in [-0.3, -0.25) is 14.9 Å². The third-order valence-corrected chi connectivity index (χ3v) is 4.42. The molecule has 6 heteroatoms. The average Bonchev–Trinajstić information content (AvgIpc) is 3.19. The van der Waals surface area contributed by atoms with Crippen molar-refractivity contribution in [2.75, 3.05) is 31.1 Å². The minimum absolute atomic E-state index is 0.0117. The van der Waals surface area contributed by atoms with E-state index in [2.05, 4.69) is 32.2 Å². The predicted molar refractivity (Wildman–Crippen MR) is 96.4 cm³/mol. The summed E-state index contributed by atoms with van der Waals surface area (Å²) in [6.07, 6.45) is 1.72. The number of anilines is 1. The fourth-order valence-electron chi connectivity index (χ4n) is 3.05. The Morgan fingerprint density at radius 1 is 0.920 bits per heavy atom. The molecule has 1 aliphatic rings. The molecule has 0 unspecified atom stereocenters. The molecule has 0 saturated carbocycles. The van der Waals surface area contributed by atoms with E-state index in [-0.39, 0.29) is 5.91 Å². The number of rotatable bonds is 3. The number of aromatic nitrogens is 3. The first-order valence-corrected chi connectivity index (χ1v) is 8.37. The summed E-state index contributed by atoms with van der Waals surface area (Å²) < 4.78 is 0. The van der Waals surface area contributed by atoms with Crippen LogP contribution < -0.4 is 4.90 Å². The van der Waals surface area contributed by atoms with E-state index in [0.29, 0.717) is 24.5 Å². The fraction of sp³-hybridized carbons (Fsp3) is 0.211. The second-order valence-corrected chi connectivity index (χ2v) is 6.00. The maximum absolute atomic E-state index is 12.7. The maximum atomic E-state index is 12.7. The number of amides is 1. The molecule has 6 nitrogen and oxygen atoms in total. The van der Waals surface area contributed by atoms with Gasteiger partial charge < -0.3 is 9.80 Å². The Morgan fingerprint density at radius 3 is 2.40 bits per heavy atom. The van der Waals surface area contributed by atoms with Crippen molar-refractivity contribution in [1.82, 2.24) is 20.1 Å². The molecule has 1 N–H and O–H groups in total. The monoisotopic (exact) mass is 333 g/mol. The highest BCUT2D eigenvalue weighted by molar-refractivity contribution is 5.93. The van der Waals surface area contributed by atoms with Crippen molar-refractivity contribution in [3.63, 3.8) is 0 Å². The molecule has 0 bridgehead atoms. The number of hydrogen-bond acceptors (Lipinski definition) is 4. The SMILES string of the molecule is O=C(c1cc(-c2ccccn2)n[nH]1)N1CCN(c2ccccc2)CC1. The Morgan fingerprint density at radius 2 is 1.68 bits per heavy atom. The molecule has 0 aliphatic carbocycles. The number of benzene rings is 1. The van der Waals surface area contributed by atoms with Gasteiger partial charge in [0.25, 0.3) is 5.91 Å². The van der Waals surface area contributed by atoms with Gasteiger partial charge in [0.15, 0.2) is 0 Å². The number of nitrogens with zero attached hydrogens (tertiary/aromatic N) is 4. The molecule has 25 heavy (non-hydrogen) atoms. The van der Waals surface area contributed by atoms with Gasteiger partial charge in [-0.25, -0.2) is 0 Å². The van der Waals surface area contributed by atoms with Gasteiger partial charge in [0.1, 0.15) is 11.4 Å². The standard InChI is InChI=1S/C19H19N5O/c25-19(18-14-17(21-22-18)16-8-4-5-9-20-16)24-12-10-23(11-13-24)15-6-2-1-3-7-15/h1-9,14H,10-13H2,(H,21,22). The van der Waals surface area contributed by atoms with Crippen molar-refractivity contribution < 1.29 is 4.79 Å². The van der Waals surface area contributed by atoms with Gasteiger partial charge in [0, 0.05) is 38.1 Å². The second kappa shape index (κ2) is 6.76. The van der Waals surface area contributed by atoms with Crippen molar-refractivity contribution in [2.45, 2.75) is 0 Å². The molecule has 0 radical (unpaired) electrons. The molecule has 126 valence electrons. The molecule has 1 amide bonds. The first-order chi connectivity index (χ1) is 12.3. The lowest BCUT2D eigenvalue weighted by atomic mass is 10.2. The van der Waals surface area contributed by atoms with Gasteiger partial charge in [-0.2, -0.15) is 5.10 Å². The molecule has 1 saturated heterocycles. The summed E-state index contributed by atoms with van der Waals surface area (Å²) in [7, 11) is 0. The van der Waals surface area contributed by atoms with Crippen molar-refractivity contribution in [3.8, 4) is 11.4 Å². The van der Waals surface area contributed by atoms with Crippen LogP contribution in [0.1, 0.15) is 10.5 Å². The number of pyridine rings is 1. The maximum Gasteiger partial charge on any atom is 0.272 e. The van der Waals surface area contributed by atoms with E-state index < -0.39 is 0 Å². The molecular weight excluding hydrogens is 314 g/mol. The smallest absolute Gasteiger partial charge is 0.272 e. The zero-order valence-corrected chi connectivity index (χ0v) is 13.8. The minimum Gasteiger partial charge on any atom is -0.368 e. The zero-order chi connectivity index (χ0) is 17.1. The second-order valence-electron chi connectivity index (χ2n) is 6.00. The molecule has 3 heterocycles. The van der Waals surface area contributed by atoms with Gasteiger partial charge in [0.2, 0.25) is 0 Å². The zero-order valence-electron chi connectivity index (χ0n) is 13.8. The Kier molecular flexibility index (Phi) is 4.16. The molecule has 3 aromatic rings. The normalized spacial score (nSPS) is 14.6. The van der Waals surface area contributed by atoms with Gasteiger partial charge in [-0.05, 0) is 30.3 Å². The Bertz CT molecular complexity index is 839. The van der Waals surface area contributed by atoms with E-state index >= 15 is 0 Å². The lowest BCUT2D eigenvalue weighted by Crippen LogP contribution is -2.48. The molecular formula is C19H19N5O. The van der Waals surface area contributed by atoms with Gasteiger partial charge in [-0.15, -0.1) is 0 Å². The summed E-state index contributed by atoms with van der Waals surface area (Å²) in [6.45, 7) is 3.06. The average molecular weight is 333 g/mol. The van der Waals surface area contributed by atoms with Crippen LogP contribution in [0.4, 0.5) is 5.69 Å². The lowest BCUT2D eigenvalue weighted by Gasteiger charge is -2.35. The van der Waals surface area contributed by atoms with E-state index in [9.17, 15) is 4.79 Å². The Balaban J connectivity index is 1.42. The van der Waals surface area contributed by atoms with Crippen LogP contribution >= 0.6 is 0 Å². The number of aromatic amines is 1. The largest absolute Gasteiger partial charge is 0.368 e. The number of hydrogen-bond donors (Lipinski definition) is 1. The first-order valence-electron chi connectivity index (χ1n) is 8.37. The molecule has 0 spiro atoms. The molecule has 2 aromatic heterocycles. The highest BCUT2D eigenvalue weighted by Crippen LogP contribution is 2.18. The lowest BCUT2D eigenvalue weighted by molar-refractivity contribution is 0.0741. The van der Waals surface area contributed by atoms with E-state index in [1.54, 1.807) is 12.3 Å². The number of para-hydroxylation sites is 1. The van der Waals surface area contributed by atoms with E-state index in [1.807, 2.05) is 41.3 Å².